The minimum atomic E-state index is -0.538. The second-order valence-electron chi connectivity index (χ2n) is 8.56. The van der Waals surface area contributed by atoms with Gasteiger partial charge in [0.15, 0.2) is 0 Å². The van der Waals surface area contributed by atoms with Crippen molar-refractivity contribution >= 4 is 23.4 Å². The zero-order valence-corrected chi connectivity index (χ0v) is 21.5. The van der Waals surface area contributed by atoms with Crippen molar-refractivity contribution in [3.8, 4) is 28.1 Å². The van der Waals surface area contributed by atoms with Gasteiger partial charge in [-0.05, 0) is 71.8 Å². The van der Waals surface area contributed by atoms with Crippen molar-refractivity contribution in [3.63, 3.8) is 0 Å². The van der Waals surface area contributed by atoms with E-state index < -0.39 is 6.09 Å². The number of tetrazole rings is 1. The van der Waals surface area contributed by atoms with Gasteiger partial charge in [-0.2, -0.15) is 4.68 Å². The molecule has 0 bridgehead atoms. The molecule has 5 aromatic rings. The number of nitrogens with one attached hydrogen (secondary N) is 2. The van der Waals surface area contributed by atoms with E-state index in [0.29, 0.717) is 27.8 Å². The third-order valence-electron chi connectivity index (χ3n) is 6.13. The number of amides is 1. The summed E-state index contributed by atoms with van der Waals surface area (Å²) >= 11 is 6.28. The van der Waals surface area contributed by atoms with Gasteiger partial charge in [0.05, 0.1) is 30.7 Å². The second kappa shape index (κ2) is 10.3. The van der Waals surface area contributed by atoms with Gasteiger partial charge in [0, 0.05) is 28.0 Å². The Hall–Kier alpha value is -4.77. The van der Waals surface area contributed by atoms with Crippen LogP contribution in [0.5, 0.6) is 0 Å². The van der Waals surface area contributed by atoms with Crippen molar-refractivity contribution in [1.82, 2.24) is 34.7 Å². The molecule has 5 rings (SSSR count). The first-order valence-corrected chi connectivity index (χ1v) is 12.0. The van der Waals surface area contributed by atoms with Gasteiger partial charge in [0.1, 0.15) is 12.2 Å². The molecule has 0 saturated carbocycles. The van der Waals surface area contributed by atoms with Crippen LogP contribution in [0, 0.1) is 6.92 Å². The Balaban J connectivity index is 1.44. The van der Waals surface area contributed by atoms with Crippen LogP contribution in [0.15, 0.2) is 71.9 Å². The maximum atomic E-state index is 13.4. The number of aromatic nitrogens is 7. The van der Waals surface area contributed by atoms with Crippen molar-refractivity contribution in [3.05, 3.63) is 94.0 Å². The van der Waals surface area contributed by atoms with Gasteiger partial charge in [-0.15, -0.1) is 5.10 Å². The quantitative estimate of drug-likeness (QED) is 0.327. The Bertz CT molecular complexity index is 1660. The van der Waals surface area contributed by atoms with E-state index in [1.165, 1.54) is 18.1 Å². The van der Waals surface area contributed by atoms with Crippen molar-refractivity contribution in [1.29, 1.82) is 0 Å². The molecule has 2 aromatic carbocycles. The summed E-state index contributed by atoms with van der Waals surface area (Å²) in [6, 6.07) is 15.7. The van der Waals surface area contributed by atoms with Gasteiger partial charge in [0.2, 0.25) is 0 Å². The average molecular weight is 531 g/mol. The molecular formula is C26H23ClN8O3. The molecule has 0 aliphatic carbocycles. The maximum absolute atomic E-state index is 13.4. The first-order chi connectivity index (χ1) is 18.3. The summed E-state index contributed by atoms with van der Waals surface area (Å²) in [6.45, 7) is 3.78. The summed E-state index contributed by atoms with van der Waals surface area (Å²) in [5.74, 6) is 0.631. The average Bonchev–Trinajstić information content (AvgIpc) is 3.61. The van der Waals surface area contributed by atoms with Crippen LogP contribution in [-0.4, -0.2) is 47.9 Å². The van der Waals surface area contributed by atoms with E-state index in [1.807, 2.05) is 32.0 Å². The Morgan fingerprint density at radius 1 is 1.11 bits per heavy atom. The van der Waals surface area contributed by atoms with E-state index in [9.17, 15) is 9.59 Å². The van der Waals surface area contributed by atoms with Crippen LogP contribution in [0.4, 0.5) is 10.5 Å². The predicted octanol–water partition coefficient (Wildman–Crippen LogP) is 4.63. The largest absolute Gasteiger partial charge is 0.453 e. The van der Waals surface area contributed by atoms with E-state index in [1.54, 1.807) is 47.2 Å². The molecule has 0 saturated heterocycles. The molecule has 3 aromatic heterocycles. The highest BCUT2D eigenvalue weighted by molar-refractivity contribution is 6.31. The van der Waals surface area contributed by atoms with E-state index in [-0.39, 0.29) is 11.6 Å². The monoisotopic (exact) mass is 530 g/mol. The number of imidazole rings is 1. The molecule has 1 amide bonds. The van der Waals surface area contributed by atoms with Gasteiger partial charge >= 0.3 is 6.09 Å². The lowest BCUT2D eigenvalue weighted by Gasteiger charge is -2.18. The van der Waals surface area contributed by atoms with Gasteiger partial charge in [-0.25, -0.2) is 9.78 Å². The Kier molecular flexibility index (Phi) is 6.75. The number of aryl methyl sites for hydroxylation is 1. The maximum Gasteiger partial charge on any atom is 0.411 e. The van der Waals surface area contributed by atoms with Crippen molar-refractivity contribution < 1.29 is 9.53 Å². The first-order valence-electron chi connectivity index (χ1n) is 11.6. The SMILES string of the molecule is COC(=O)Nc1ccc(-c2cnc(C(C)n3c(C)cc(-c4cc(Cl)ccc4-n4cnnn4)cc3=O)[nH]2)cc1. The number of halogens is 1. The number of anilines is 1. The minimum absolute atomic E-state index is 0.189. The topological polar surface area (TPSA) is 133 Å². The van der Waals surface area contributed by atoms with Crippen LogP contribution in [-0.2, 0) is 4.74 Å². The molecule has 0 radical (unpaired) electrons. The molecular weight excluding hydrogens is 508 g/mol. The third-order valence-corrected chi connectivity index (χ3v) is 6.37. The van der Waals surface area contributed by atoms with Crippen molar-refractivity contribution in [2.75, 3.05) is 12.4 Å². The molecule has 2 N–H and O–H groups in total. The molecule has 12 heteroatoms. The van der Waals surface area contributed by atoms with Gasteiger partial charge in [-0.3, -0.25) is 10.1 Å². The van der Waals surface area contributed by atoms with Crippen molar-refractivity contribution in [2.45, 2.75) is 19.9 Å². The highest BCUT2D eigenvalue weighted by atomic mass is 35.5. The summed E-state index contributed by atoms with van der Waals surface area (Å²) in [6.07, 6.45) is 2.66. The fourth-order valence-electron chi connectivity index (χ4n) is 4.30. The van der Waals surface area contributed by atoms with Crippen molar-refractivity contribution in [2.24, 2.45) is 0 Å². The van der Waals surface area contributed by atoms with Crippen LogP contribution >= 0.6 is 11.6 Å². The molecule has 192 valence electrons. The minimum Gasteiger partial charge on any atom is -0.453 e. The second-order valence-corrected chi connectivity index (χ2v) is 9.00. The van der Waals surface area contributed by atoms with Gasteiger partial charge in [0.25, 0.3) is 5.56 Å². The van der Waals surface area contributed by atoms with Gasteiger partial charge < -0.3 is 14.3 Å². The predicted molar refractivity (Wildman–Crippen MR) is 142 cm³/mol. The van der Waals surface area contributed by atoms with Gasteiger partial charge in [-0.1, -0.05) is 23.7 Å². The number of nitrogens with zero attached hydrogens (tertiary/aromatic N) is 6. The van der Waals surface area contributed by atoms with Crippen LogP contribution < -0.4 is 10.9 Å². The Labute approximate surface area is 222 Å². The number of H-pyrrole nitrogens is 1. The standard InChI is InChI=1S/C26H23ClN8O3/c1-15-10-18(21-12-19(27)6-9-23(21)34-14-29-32-33-34)11-24(36)35(15)16(2)25-28-13-22(31-25)17-4-7-20(8-5-17)30-26(37)38-3/h4-14,16H,1-3H3,(H,28,31)(H,30,37). The lowest BCUT2D eigenvalue weighted by molar-refractivity contribution is 0.187. The molecule has 3 heterocycles. The highest BCUT2D eigenvalue weighted by Crippen LogP contribution is 2.30. The number of carbonyl (C=O) groups excluding carboxylic acids is 1. The summed E-state index contributed by atoms with van der Waals surface area (Å²) in [7, 11) is 1.31. The van der Waals surface area contributed by atoms with Crippen LogP contribution in [0.1, 0.15) is 24.5 Å². The first kappa shape index (κ1) is 24.9. The number of methoxy groups -OCH3 is 1. The number of rotatable bonds is 6. The molecule has 1 atom stereocenters. The van der Waals surface area contributed by atoms with E-state index in [0.717, 1.165) is 22.5 Å². The van der Waals surface area contributed by atoms with E-state index >= 15 is 0 Å². The molecule has 0 spiro atoms. The molecule has 0 fully saturated rings. The zero-order chi connectivity index (χ0) is 26.8. The number of pyridine rings is 1. The summed E-state index contributed by atoms with van der Waals surface area (Å²) < 4.78 is 7.81. The van der Waals surface area contributed by atoms with Crippen LogP contribution in [0.3, 0.4) is 0 Å². The van der Waals surface area contributed by atoms with Crippen LogP contribution in [0.2, 0.25) is 5.02 Å². The molecule has 0 aliphatic heterocycles. The third kappa shape index (κ3) is 4.91. The fraction of sp³-hybridized carbons (Fsp3) is 0.154. The number of ether oxygens (including phenoxy) is 1. The fourth-order valence-corrected chi connectivity index (χ4v) is 4.47. The smallest absolute Gasteiger partial charge is 0.411 e. The Morgan fingerprint density at radius 3 is 2.58 bits per heavy atom. The van der Waals surface area contributed by atoms with Crippen LogP contribution in [0.25, 0.3) is 28.1 Å². The molecule has 1 unspecified atom stereocenters. The summed E-state index contributed by atoms with van der Waals surface area (Å²) in [5, 5.41) is 14.5. The lowest BCUT2D eigenvalue weighted by Crippen LogP contribution is -2.26. The molecule has 38 heavy (non-hydrogen) atoms. The number of aromatic amines is 1. The summed E-state index contributed by atoms with van der Waals surface area (Å²) in [4.78, 5) is 32.6. The van der Waals surface area contributed by atoms with E-state index in [4.69, 9.17) is 11.6 Å². The number of carbonyl (C=O) groups is 1. The molecule has 0 aliphatic rings. The number of hydrogen-bond donors (Lipinski definition) is 2. The highest BCUT2D eigenvalue weighted by Gasteiger charge is 2.18. The number of benzene rings is 2. The Morgan fingerprint density at radius 2 is 1.89 bits per heavy atom. The molecule has 11 nitrogen and oxygen atoms in total. The zero-order valence-electron chi connectivity index (χ0n) is 20.7. The number of hydrogen-bond acceptors (Lipinski definition) is 7. The van der Waals surface area contributed by atoms with E-state index in [2.05, 4.69) is 35.5 Å². The lowest BCUT2D eigenvalue weighted by atomic mass is 10.0. The summed E-state index contributed by atoms with van der Waals surface area (Å²) in [5.41, 5.74) is 4.96. The normalized spacial score (nSPS) is 11.8.